The van der Waals surface area contributed by atoms with E-state index in [0.29, 0.717) is 17.8 Å². The molecule has 2 atom stereocenters. The molecule has 0 radical (unpaired) electrons. The maximum absolute atomic E-state index is 12.8. The summed E-state index contributed by atoms with van der Waals surface area (Å²) in [4.78, 5) is 4.72. The van der Waals surface area contributed by atoms with Crippen molar-refractivity contribution in [1.29, 1.82) is 0 Å². The summed E-state index contributed by atoms with van der Waals surface area (Å²) in [5.41, 5.74) is 1.85. The lowest BCUT2D eigenvalue weighted by atomic mass is 10.2. The number of aromatic nitrogens is 1. The molecule has 0 bridgehead atoms. The fourth-order valence-electron chi connectivity index (χ4n) is 1.98. The fraction of sp³-hybridized carbons (Fsp3) is 0.375. The standard InChI is InChI=1S/C16H20N2O2S2/c1-12-6-7-14(11-17-12)13(2)22(3,19)18-16(21)9-8-15-5-4-10-20-15/h4-7,10-11,13H,8-9H2,1-3H3. The van der Waals surface area contributed by atoms with Gasteiger partial charge in [0.2, 0.25) is 0 Å². The molecule has 0 aliphatic heterocycles. The Kier molecular flexibility index (Phi) is 5.47. The number of thiocarbonyl (C=S) groups is 1. The van der Waals surface area contributed by atoms with Crippen LogP contribution in [0.15, 0.2) is 45.5 Å². The number of hydrogen-bond donors (Lipinski definition) is 0. The van der Waals surface area contributed by atoms with E-state index in [2.05, 4.69) is 9.35 Å². The molecular weight excluding hydrogens is 316 g/mol. The Balaban J connectivity index is 2.08. The van der Waals surface area contributed by atoms with Gasteiger partial charge in [0.25, 0.3) is 0 Å². The molecule has 2 heterocycles. The van der Waals surface area contributed by atoms with Crippen LogP contribution in [0.3, 0.4) is 0 Å². The van der Waals surface area contributed by atoms with Gasteiger partial charge >= 0.3 is 0 Å². The molecule has 22 heavy (non-hydrogen) atoms. The lowest BCUT2D eigenvalue weighted by molar-refractivity contribution is 0.512. The monoisotopic (exact) mass is 336 g/mol. The SMILES string of the molecule is Cc1ccc(C(C)S(C)(=O)=NC(=S)CCc2ccco2)cn1. The van der Waals surface area contributed by atoms with E-state index in [1.807, 2.05) is 38.1 Å². The Morgan fingerprint density at radius 1 is 1.45 bits per heavy atom. The third-order valence-corrected chi connectivity index (χ3v) is 6.09. The lowest BCUT2D eigenvalue weighted by Gasteiger charge is -2.14. The highest BCUT2D eigenvalue weighted by molar-refractivity contribution is 7.94. The summed E-state index contributed by atoms with van der Waals surface area (Å²) in [6, 6.07) is 7.59. The fourth-order valence-corrected chi connectivity index (χ4v) is 3.83. The highest BCUT2D eigenvalue weighted by Crippen LogP contribution is 2.23. The normalized spacial score (nSPS) is 15.0. The molecule has 0 spiro atoms. The molecule has 0 aromatic carbocycles. The first-order chi connectivity index (χ1) is 10.4. The second-order valence-electron chi connectivity index (χ2n) is 5.30. The van der Waals surface area contributed by atoms with Crippen LogP contribution in [-0.4, -0.2) is 20.4 Å². The van der Waals surface area contributed by atoms with E-state index in [9.17, 15) is 4.21 Å². The minimum Gasteiger partial charge on any atom is -0.469 e. The van der Waals surface area contributed by atoms with Gasteiger partial charge in [-0.1, -0.05) is 18.3 Å². The van der Waals surface area contributed by atoms with Crippen LogP contribution in [-0.2, 0) is 16.1 Å². The van der Waals surface area contributed by atoms with E-state index in [-0.39, 0.29) is 5.25 Å². The van der Waals surface area contributed by atoms with Gasteiger partial charge < -0.3 is 4.42 Å². The van der Waals surface area contributed by atoms with E-state index < -0.39 is 9.73 Å². The summed E-state index contributed by atoms with van der Waals surface area (Å²) < 4.78 is 22.4. The average Bonchev–Trinajstić information content (AvgIpc) is 2.98. The van der Waals surface area contributed by atoms with Crippen molar-refractivity contribution in [1.82, 2.24) is 4.98 Å². The van der Waals surface area contributed by atoms with Gasteiger partial charge in [-0.15, -0.1) is 0 Å². The van der Waals surface area contributed by atoms with Crippen molar-refractivity contribution in [3.05, 3.63) is 53.7 Å². The van der Waals surface area contributed by atoms with Crippen LogP contribution >= 0.6 is 12.2 Å². The Morgan fingerprint density at radius 2 is 2.23 bits per heavy atom. The first-order valence-corrected chi connectivity index (χ1v) is 9.47. The van der Waals surface area contributed by atoms with Crippen LogP contribution in [0.25, 0.3) is 0 Å². The topological polar surface area (TPSA) is 55.5 Å². The smallest absolute Gasteiger partial charge is 0.113 e. The zero-order chi connectivity index (χ0) is 16.2. The molecule has 0 saturated carbocycles. The van der Waals surface area contributed by atoms with Crippen LogP contribution in [0.2, 0.25) is 0 Å². The van der Waals surface area contributed by atoms with Crippen molar-refractivity contribution in [2.45, 2.75) is 31.9 Å². The van der Waals surface area contributed by atoms with E-state index in [1.54, 1.807) is 18.7 Å². The summed E-state index contributed by atoms with van der Waals surface area (Å²) >= 11 is 5.26. The molecule has 118 valence electrons. The van der Waals surface area contributed by atoms with Gasteiger partial charge in [0.15, 0.2) is 0 Å². The molecule has 0 aliphatic carbocycles. The second-order valence-corrected chi connectivity index (χ2v) is 8.38. The first kappa shape index (κ1) is 16.8. The van der Waals surface area contributed by atoms with Crippen molar-refractivity contribution < 1.29 is 8.63 Å². The Labute approximate surface area is 137 Å². The van der Waals surface area contributed by atoms with Gasteiger partial charge in [-0.05, 0) is 37.6 Å². The van der Waals surface area contributed by atoms with E-state index in [0.717, 1.165) is 17.0 Å². The molecule has 0 saturated heterocycles. The molecule has 0 fully saturated rings. The molecule has 4 nitrogen and oxygen atoms in total. The predicted octanol–water partition coefficient (Wildman–Crippen LogP) is 4.10. The van der Waals surface area contributed by atoms with Gasteiger partial charge in [-0.3, -0.25) is 4.98 Å². The molecule has 0 N–H and O–H groups in total. The van der Waals surface area contributed by atoms with Crippen LogP contribution in [0.1, 0.15) is 35.6 Å². The number of furan rings is 1. The van der Waals surface area contributed by atoms with Crippen LogP contribution in [0.5, 0.6) is 0 Å². The third-order valence-electron chi connectivity index (χ3n) is 3.51. The summed E-state index contributed by atoms with van der Waals surface area (Å²) in [5.74, 6) is 0.857. The van der Waals surface area contributed by atoms with E-state index in [1.165, 1.54) is 0 Å². The number of rotatable bonds is 5. The molecule has 2 aromatic heterocycles. The van der Waals surface area contributed by atoms with Crippen LogP contribution in [0.4, 0.5) is 0 Å². The Bertz CT molecular complexity index is 743. The highest BCUT2D eigenvalue weighted by Gasteiger charge is 2.17. The van der Waals surface area contributed by atoms with Crippen molar-refractivity contribution in [3.8, 4) is 0 Å². The first-order valence-electron chi connectivity index (χ1n) is 7.07. The van der Waals surface area contributed by atoms with Gasteiger partial charge in [-0.2, -0.15) is 4.36 Å². The second kappa shape index (κ2) is 7.15. The maximum Gasteiger partial charge on any atom is 0.113 e. The molecule has 0 aliphatic rings. The van der Waals surface area contributed by atoms with Crippen molar-refractivity contribution in [2.24, 2.45) is 4.36 Å². The Hall–Kier alpha value is -1.53. The summed E-state index contributed by atoms with van der Waals surface area (Å²) in [7, 11) is -2.45. The largest absolute Gasteiger partial charge is 0.469 e. The third kappa shape index (κ3) is 4.48. The minimum atomic E-state index is -2.45. The van der Waals surface area contributed by atoms with Crippen molar-refractivity contribution >= 4 is 26.9 Å². The molecule has 2 rings (SSSR count). The van der Waals surface area contributed by atoms with Crippen LogP contribution < -0.4 is 0 Å². The van der Waals surface area contributed by atoms with Crippen LogP contribution in [0, 0.1) is 6.92 Å². The quantitative estimate of drug-likeness (QED) is 0.771. The molecule has 2 aromatic rings. The zero-order valence-electron chi connectivity index (χ0n) is 13.0. The zero-order valence-corrected chi connectivity index (χ0v) is 14.6. The van der Waals surface area contributed by atoms with Gasteiger partial charge in [0.1, 0.15) is 10.7 Å². The maximum atomic E-state index is 12.8. The minimum absolute atomic E-state index is 0.220. The number of nitrogens with zero attached hydrogens (tertiary/aromatic N) is 2. The highest BCUT2D eigenvalue weighted by atomic mass is 32.2. The van der Waals surface area contributed by atoms with Gasteiger partial charge in [0.05, 0.1) is 21.2 Å². The van der Waals surface area contributed by atoms with Crippen molar-refractivity contribution in [3.63, 3.8) is 0 Å². The molecular formula is C16H20N2O2S2. The van der Waals surface area contributed by atoms with Crippen molar-refractivity contribution in [2.75, 3.05) is 6.26 Å². The average molecular weight is 336 g/mol. The lowest BCUT2D eigenvalue weighted by Crippen LogP contribution is -2.10. The molecule has 0 amide bonds. The Morgan fingerprint density at radius 3 is 2.82 bits per heavy atom. The van der Waals surface area contributed by atoms with Gasteiger partial charge in [-0.25, -0.2) is 4.21 Å². The predicted molar refractivity (Wildman–Crippen MR) is 93.5 cm³/mol. The van der Waals surface area contributed by atoms with Gasteiger partial charge in [0, 0.05) is 31.0 Å². The number of aryl methyl sites for hydroxylation is 2. The molecule has 2 unspecified atom stereocenters. The number of hydrogen-bond acceptors (Lipinski definition) is 4. The summed E-state index contributed by atoms with van der Waals surface area (Å²) in [5, 5.41) is -0.220. The number of pyridine rings is 1. The van der Waals surface area contributed by atoms with E-state index in [4.69, 9.17) is 16.6 Å². The summed E-state index contributed by atoms with van der Waals surface area (Å²) in [6.07, 6.45) is 6.27. The van der Waals surface area contributed by atoms with E-state index >= 15 is 0 Å². The molecule has 6 heteroatoms. The summed E-state index contributed by atoms with van der Waals surface area (Å²) in [6.45, 7) is 3.82.